The van der Waals surface area contributed by atoms with E-state index in [2.05, 4.69) is 61.6 Å². The minimum absolute atomic E-state index is 0.000331. The molecule has 0 unspecified atom stereocenters. The van der Waals surface area contributed by atoms with E-state index in [4.69, 9.17) is 10.5 Å². The van der Waals surface area contributed by atoms with E-state index in [0.29, 0.717) is 11.6 Å². The Balaban J connectivity index is 1.56. The molecule has 43 heteroatoms. The molecule has 6 rings (SSSR count). The van der Waals surface area contributed by atoms with Crippen molar-refractivity contribution in [3.63, 3.8) is 0 Å². The maximum atomic E-state index is 12.3. The Bertz CT molecular complexity index is 4470. The number of rotatable bonds is 32. The van der Waals surface area contributed by atoms with Gasteiger partial charge >= 0.3 is 0 Å². The second kappa shape index (κ2) is 29.9. The summed E-state index contributed by atoms with van der Waals surface area (Å²) in [5.41, 5.74) is 5.90. The summed E-state index contributed by atoms with van der Waals surface area (Å²) in [6.45, 7) is 2.46. The minimum atomic E-state index is -5.09. The predicted octanol–water partition coefficient (Wildman–Crippen LogP) is 8.90. The highest BCUT2D eigenvalue weighted by Crippen LogP contribution is 2.44. The van der Waals surface area contributed by atoms with Gasteiger partial charge in [-0.2, -0.15) is 75.7 Å². The van der Waals surface area contributed by atoms with Gasteiger partial charge in [-0.05, 0) is 110 Å². The Labute approximate surface area is 516 Å². The second-order valence-electron chi connectivity index (χ2n) is 18.3. The highest BCUT2D eigenvalue weighted by atomic mass is 32.2. The molecule has 0 aliphatic carbocycles. The summed E-state index contributed by atoms with van der Waals surface area (Å²) in [7, 11) is -27.6. The van der Waals surface area contributed by atoms with Crippen LogP contribution < -0.4 is 26.4 Å². The minimum Gasteiger partial charge on any atom is -0.491 e. The number of azo groups is 3. The van der Waals surface area contributed by atoms with Crippen LogP contribution in [0.4, 0.5) is 74.7 Å². The lowest BCUT2D eigenvalue weighted by molar-refractivity contribution is -0.385. The first-order valence-electron chi connectivity index (χ1n) is 24.9. The predicted molar refractivity (Wildman–Crippen MR) is 326 cm³/mol. The molecule has 6 aromatic rings. The lowest BCUT2D eigenvalue weighted by atomic mass is 10.1. The zero-order valence-corrected chi connectivity index (χ0v) is 52.4. The highest BCUT2D eigenvalue weighted by molar-refractivity contribution is 7.99. The lowest BCUT2D eigenvalue weighted by Gasteiger charge is -2.15. The number of hydrogen-bond acceptors (Lipinski definition) is 30. The smallest absolute Gasteiger partial charge is 0.297 e. The van der Waals surface area contributed by atoms with Crippen LogP contribution in [0.5, 0.6) is 5.75 Å². The monoisotopic (exact) mass is 1390 g/mol. The van der Waals surface area contributed by atoms with Gasteiger partial charge in [0, 0.05) is 40.2 Å². The number of anilines is 6. The number of ether oxygens (including phenoxy) is 1. The number of thioether (sulfide) groups is 2. The average Bonchev–Trinajstić information content (AvgIpc) is 3.42. The Morgan fingerprint density at radius 1 is 0.551 bits per heavy atom. The molecule has 0 fully saturated rings. The van der Waals surface area contributed by atoms with E-state index in [1.807, 2.05) is 0 Å². The molecule has 0 aliphatic heterocycles. The van der Waals surface area contributed by atoms with E-state index in [0.717, 1.165) is 47.8 Å². The average molecular weight is 1390 g/mol. The van der Waals surface area contributed by atoms with Gasteiger partial charge in [-0.25, -0.2) is 0 Å². The van der Waals surface area contributed by atoms with Crippen molar-refractivity contribution in [1.82, 2.24) is 15.0 Å². The number of hydrogen-bond donors (Lipinski definition) is 10. The molecule has 0 aliphatic rings. The summed E-state index contributed by atoms with van der Waals surface area (Å²) >= 11 is 1.99. The van der Waals surface area contributed by atoms with Crippen molar-refractivity contribution >= 4 is 159 Å². The number of aryl methyl sites for hydroxylation is 2. The van der Waals surface area contributed by atoms with Crippen molar-refractivity contribution in [1.29, 1.82) is 0 Å². The van der Waals surface area contributed by atoms with Crippen LogP contribution in [-0.2, 0) is 60.7 Å². The van der Waals surface area contributed by atoms with E-state index >= 15 is 0 Å². The third-order valence-electron chi connectivity index (χ3n) is 11.2. The number of nitrogens with two attached hydrogens (primary N) is 1. The van der Waals surface area contributed by atoms with Crippen molar-refractivity contribution < 1.29 is 87.5 Å². The zero-order valence-electron chi connectivity index (χ0n) is 45.9. The van der Waals surface area contributed by atoms with Gasteiger partial charge in [0.25, 0.3) is 66.4 Å². The lowest BCUT2D eigenvalue weighted by Crippen LogP contribution is -2.17. The standard InChI is InChI=1S/C46H52N14O21S8/c1-27-19-32(47)40(81-12-4-15-84(63,64)65)24-34(27)55-59-39-23-36(50-46-52-44(48-11-18-87(72,73)74)51-45(53-46)49-29-7-3-8-31(21-29)88(75,76)77)37(26-42(39)83-14-6-17-86(69,70)71)57-58-38-20-28(2)35(25-41(38)82-13-5-16-85(66,67)68)56-54-33-10-9-30(60(61)62)22-43(33)89(78,79)80/h3,7-10,19-26H,4-6,11-18,47H2,1-2H3,(H,63,64,65)(H,66,67,68)(H,69,70,71)(H,72,73,74)(H,75,76,77)(H,78,79,80)(H3,48,49,50,51,52,53). The maximum Gasteiger partial charge on any atom is 0.297 e. The van der Waals surface area contributed by atoms with Gasteiger partial charge in [0.1, 0.15) is 27.7 Å². The third kappa shape index (κ3) is 23.4. The maximum absolute atomic E-state index is 12.3. The number of non-ortho nitro benzene ring substituents is 1. The van der Waals surface area contributed by atoms with Crippen LogP contribution in [-0.4, -0.2) is 145 Å². The fourth-order valence-electron chi connectivity index (χ4n) is 7.17. The van der Waals surface area contributed by atoms with Gasteiger partial charge in [0.15, 0.2) is 0 Å². The molecule has 1 aromatic heterocycles. The Morgan fingerprint density at radius 2 is 1.06 bits per heavy atom. The summed E-state index contributed by atoms with van der Waals surface area (Å²) in [5.74, 6) is -3.80. The molecule has 0 atom stereocenters. The summed E-state index contributed by atoms with van der Waals surface area (Å²) in [4.78, 5) is 22.4. The summed E-state index contributed by atoms with van der Waals surface area (Å²) < 4.78 is 205. The highest BCUT2D eigenvalue weighted by Gasteiger charge is 2.22. The van der Waals surface area contributed by atoms with Gasteiger partial charge in [0.05, 0.1) is 67.9 Å². The van der Waals surface area contributed by atoms with Gasteiger partial charge in [-0.15, -0.1) is 44.0 Å². The largest absolute Gasteiger partial charge is 0.491 e. The van der Waals surface area contributed by atoms with Crippen LogP contribution in [0, 0.1) is 24.0 Å². The number of nitrogen functional groups attached to an aromatic ring is 1. The molecular weight excluding hydrogens is 1340 g/mol. The zero-order chi connectivity index (χ0) is 65.7. The molecular formula is C46H52N14O21S8. The fraction of sp³-hybridized carbons (Fsp3) is 0.283. The summed E-state index contributed by atoms with van der Waals surface area (Å²) in [6, 6.07) is 15.6. The van der Waals surface area contributed by atoms with Crippen molar-refractivity contribution in [2.45, 2.75) is 52.7 Å². The molecule has 0 spiro atoms. The normalized spacial score (nSPS) is 12.7. The van der Waals surface area contributed by atoms with Crippen molar-refractivity contribution in [3.05, 3.63) is 100 Å². The van der Waals surface area contributed by atoms with Crippen LogP contribution in [0.3, 0.4) is 0 Å². The quantitative estimate of drug-likeness (QED) is 0.00358. The van der Waals surface area contributed by atoms with Crippen LogP contribution in [0.15, 0.2) is 129 Å². The Kier molecular flexibility index (Phi) is 23.7. The van der Waals surface area contributed by atoms with Gasteiger partial charge in [0.2, 0.25) is 17.8 Å². The van der Waals surface area contributed by atoms with Crippen LogP contribution >= 0.6 is 23.5 Å². The molecule has 0 amide bonds. The molecule has 0 saturated heterocycles. The first-order chi connectivity index (χ1) is 41.4. The number of benzene rings is 5. The summed E-state index contributed by atoms with van der Waals surface area (Å²) in [6.07, 6.45) is -0.349. The Morgan fingerprint density at radius 3 is 1.63 bits per heavy atom. The van der Waals surface area contributed by atoms with Crippen molar-refractivity contribution in [2.75, 3.05) is 69.4 Å². The number of nitro benzene ring substituents is 1. The van der Waals surface area contributed by atoms with Crippen molar-refractivity contribution in [3.8, 4) is 5.75 Å². The van der Waals surface area contributed by atoms with E-state index in [-0.39, 0.29) is 122 Å². The molecule has 11 N–H and O–H groups in total. The Hall–Kier alpha value is -7.53. The van der Waals surface area contributed by atoms with E-state index in [1.54, 1.807) is 6.92 Å². The van der Waals surface area contributed by atoms with Crippen molar-refractivity contribution in [2.24, 2.45) is 30.7 Å². The first-order valence-corrected chi connectivity index (χ1v) is 36.2. The molecule has 5 aromatic carbocycles. The molecule has 0 radical (unpaired) electrons. The van der Waals surface area contributed by atoms with E-state index in [9.17, 15) is 87.9 Å². The fourth-order valence-corrected chi connectivity index (χ4v) is 12.5. The molecule has 89 heavy (non-hydrogen) atoms. The number of nitrogens with one attached hydrogen (secondary N) is 3. The SMILES string of the molecule is Cc1cc(N)c(OCCCS(=O)(=O)O)cc1N=Nc1cc(Nc2nc(NCCS(=O)(=O)O)nc(Nc3cccc(S(=O)(=O)O)c3)n2)c(N=Nc2cc(C)c(N=Nc3ccc([N+](=O)[O-])cc3S(=O)(=O)O)cc2SCCCS(=O)(=O)O)cc1SCCCS(=O)(=O)O. The second-order valence-corrected chi connectivity index (χ2v) is 29.7. The van der Waals surface area contributed by atoms with E-state index in [1.165, 1.54) is 55.5 Å². The van der Waals surface area contributed by atoms with Crippen LogP contribution in [0.1, 0.15) is 30.4 Å². The van der Waals surface area contributed by atoms with Gasteiger partial charge < -0.3 is 26.4 Å². The molecule has 1 heterocycles. The van der Waals surface area contributed by atoms with Crippen LogP contribution in [0.2, 0.25) is 0 Å². The third-order valence-corrected chi connectivity index (χ3v) is 18.4. The molecule has 35 nitrogen and oxygen atoms in total. The van der Waals surface area contributed by atoms with Crippen LogP contribution in [0.25, 0.3) is 0 Å². The molecule has 480 valence electrons. The topological polar surface area (TPSA) is 554 Å². The van der Waals surface area contributed by atoms with Gasteiger partial charge in [-0.3, -0.25) is 37.4 Å². The van der Waals surface area contributed by atoms with E-state index < -0.39 is 116 Å². The first kappa shape index (κ1) is 70.6. The molecule has 0 bridgehead atoms. The summed E-state index contributed by atoms with van der Waals surface area (Å²) in [5, 5.41) is 45.8. The molecule has 0 saturated carbocycles. The number of nitrogens with zero attached hydrogens (tertiary/aromatic N) is 10. The number of nitro groups is 1. The number of aromatic nitrogens is 3. The van der Waals surface area contributed by atoms with Gasteiger partial charge in [-0.1, -0.05) is 6.07 Å².